The van der Waals surface area contributed by atoms with Gasteiger partial charge in [0, 0.05) is 30.2 Å². The van der Waals surface area contributed by atoms with E-state index < -0.39 is 0 Å². The third kappa shape index (κ3) is 4.57. The molecule has 0 radical (unpaired) electrons. The number of halogens is 2. The van der Waals surface area contributed by atoms with Crippen molar-refractivity contribution in [2.45, 2.75) is 44.6 Å². The number of nitrogens with zero attached hydrogens (tertiary/aromatic N) is 2. The lowest BCUT2D eigenvalue weighted by Gasteiger charge is -2.23. The van der Waals surface area contributed by atoms with Gasteiger partial charge in [0.1, 0.15) is 5.75 Å². The van der Waals surface area contributed by atoms with Crippen LogP contribution in [0.15, 0.2) is 48.7 Å². The average Bonchev–Trinajstić information content (AvgIpc) is 3.19. The van der Waals surface area contributed by atoms with Gasteiger partial charge in [0.15, 0.2) is 0 Å². The number of ether oxygens (including phenoxy) is 1. The van der Waals surface area contributed by atoms with Gasteiger partial charge in [-0.25, -0.2) is 0 Å². The molecule has 0 saturated heterocycles. The lowest BCUT2D eigenvalue weighted by Crippen LogP contribution is -2.23. The van der Waals surface area contributed by atoms with Crippen LogP contribution in [0.4, 0.5) is 0 Å². The molecule has 3 aromatic rings. The fraction of sp³-hybridized carbons (Fsp3) is 0.370. The highest BCUT2D eigenvalue weighted by molar-refractivity contribution is 6.40. The summed E-state index contributed by atoms with van der Waals surface area (Å²) in [6.07, 6.45) is 11.3. The predicted molar refractivity (Wildman–Crippen MR) is 136 cm³/mol. The largest absolute Gasteiger partial charge is 0.490 e. The zero-order valence-electron chi connectivity index (χ0n) is 18.8. The van der Waals surface area contributed by atoms with Gasteiger partial charge in [-0.15, -0.1) is 0 Å². The number of fused-ring (bicyclic) bond motifs is 1. The van der Waals surface area contributed by atoms with E-state index in [1.54, 1.807) is 22.8 Å². The smallest absolute Gasteiger partial charge is 0.265 e. The monoisotopic (exact) mass is 482 g/mol. The molecule has 4 nitrogen and oxygen atoms in total. The zero-order valence-corrected chi connectivity index (χ0v) is 20.3. The molecular weight excluding hydrogens is 455 g/mol. The number of hydrogen-bond donors (Lipinski definition) is 0. The summed E-state index contributed by atoms with van der Waals surface area (Å²) in [6.45, 7) is 1.88. The molecule has 2 heterocycles. The Hall–Kier alpha value is -2.27. The number of aromatic nitrogens is 1. The van der Waals surface area contributed by atoms with Crippen molar-refractivity contribution < 1.29 is 9.53 Å². The Morgan fingerprint density at radius 3 is 2.52 bits per heavy atom. The summed E-state index contributed by atoms with van der Waals surface area (Å²) in [7, 11) is 2.12. The quantitative estimate of drug-likeness (QED) is 0.398. The molecule has 33 heavy (non-hydrogen) atoms. The van der Waals surface area contributed by atoms with Gasteiger partial charge in [0.25, 0.3) is 5.91 Å². The molecular formula is C27H28Cl2N2O2. The average molecular weight is 483 g/mol. The highest BCUT2D eigenvalue weighted by atomic mass is 35.5. The lowest BCUT2D eigenvalue weighted by molar-refractivity contribution is 0.0965. The van der Waals surface area contributed by atoms with Gasteiger partial charge in [-0.3, -0.25) is 9.36 Å². The normalized spacial score (nSPS) is 17.8. The first kappa shape index (κ1) is 22.5. The number of hydrogen-bond acceptors (Lipinski definition) is 3. The van der Waals surface area contributed by atoms with Gasteiger partial charge in [-0.2, -0.15) is 0 Å². The third-order valence-corrected chi connectivity index (χ3v) is 7.41. The second kappa shape index (κ2) is 9.54. The van der Waals surface area contributed by atoms with Crippen LogP contribution in [0, 0.1) is 0 Å². The summed E-state index contributed by atoms with van der Waals surface area (Å²) < 4.78 is 8.03. The molecule has 0 N–H and O–H groups in total. The second-order valence-electron chi connectivity index (χ2n) is 9.11. The molecule has 1 aromatic heterocycles. The van der Waals surface area contributed by atoms with Crippen LogP contribution in [0.25, 0.3) is 16.5 Å². The molecule has 0 atom stereocenters. The molecule has 1 aliphatic heterocycles. The van der Waals surface area contributed by atoms with Gasteiger partial charge in [-0.1, -0.05) is 41.8 Å². The highest BCUT2D eigenvalue weighted by Gasteiger charge is 2.23. The molecule has 0 amide bonds. The van der Waals surface area contributed by atoms with Crippen molar-refractivity contribution >= 4 is 45.6 Å². The van der Waals surface area contributed by atoms with Crippen molar-refractivity contribution in [3.05, 3.63) is 69.8 Å². The molecule has 5 rings (SSSR count). The maximum Gasteiger partial charge on any atom is 0.265 e. The summed E-state index contributed by atoms with van der Waals surface area (Å²) in [6, 6.07) is 11.2. The van der Waals surface area contributed by atoms with E-state index >= 15 is 0 Å². The molecule has 0 spiro atoms. The van der Waals surface area contributed by atoms with Crippen LogP contribution in [0.1, 0.15) is 54.4 Å². The first-order valence-electron chi connectivity index (χ1n) is 11.7. The van der Waals surface area contributed by atoms with E-state index in [1.807, 2.05) is 18.3 Å². The van der Waals surface area contributed by atoms with Gasteiger partial charge < -0.3 is 9.64 Å². The SMILES string of the molecule is CN1CC=C(c2cn(C(=O)c3c(Cl)cccc3Cl)c3ccc(OC4CCCCC4)cc23)CC1. The van der Waals surface area contributed by atoms with Crippen LogP contribution in [0.2, 0.25) is 10.0 Å². The molecule has 6 heteroatoms. The van der Waals surface area contributed by atoms with E-state index in [1.165, 1.54) is 24.8 Å². The van der Waals surface area contributed by atoms with Crippen molar-refractivity contribution in [1.82, 2.24) is 9.47 Å². The Kier molecular flexibility index (Phi) is 6.51. The molecule has 172 valence electrons. The summed E-state index contributed by atoms with van der Waals surface area (Å²) >= 11 is 12.8. The molecule has 0 bridgehead atoms. The first-order valence-corrected chi connectivity index (χ1v) is 12.5. The first-order chi connectivity index (χ1) is 16.0. The summed E-state index contributed by atoms with van der Waals surface area (Å²) in [5.41, 5.74) is 3.49. The topological polar surface area (TPSA) is 34.5 Å². The van der Waals surface area contributed by atoms with E-state index in [4.69, 9.17) is 27.9 Å². The van der Waals surface area contributed by atoms with Crippen molar-refractivity contribution in [3.8, 4) is 5.75 Å². The second-order valence-corrected chi connectivity index (χ2v) is 9.93. The van der Waals surface area contributed by atoms with Gasteiger partial charge >= 0.3 is 0 Å². The number of likely N-dealkylation sites (N-methyl/N-ethyl adjacent to an activating group) is 1. The van der Waals surface area contributed by atoms with E-state index in [9.17, 15) is 4.79 Å². The zero-order chi connectivity index (χ0) is 22.9. The lowest BCUT2D eigenvalue weighted by atomic mass is 9.97. The van der Waals surface area contributed by atoms with Crippen molar-refractivity contribution in [1.29, 1.82) is 0 Å². The molecule has 1 fully saturated rings. The standard InChI is InChI=1S/C27H28Cl2N2O2/c1-30-14-12-18(13-15-30)22-17-31(27(32)26-23(28)8-5-9-24(26)29)25-11-10-20(16-21(22)25)33-19-6-3-2-4-7-19/h5,8-12,16-17,19H,2-4,6-7,13-15H2,1H3. The van der Waals surface area contributed by atoms with Crippen LogP contribution in [0.3, 0.4) is 0 Å². The van der Waals surface area contributed by atoms with Crippen molar-refractivity contribution in [3.63, 3.8) is 0 Å². The predicted octanol–water partition coefficient (Wildman–Crippen LogP) is 7.07. The minimum Gasteiger partial charge on any atom is -0.490 e. The number of carbonyl (C=O) groups is 1. The maximum atomic E-state index is 13.6. The Morgan fingerprint density at radius 2 is 1.82 bits per heavy atom. The molecule has 1 aliphatic carbocycles. The van der Waals surface area contributed by atoms with E-state index in [0.717, 1.165) is 54.6 Å². The summed E-state index contributed by atoms with van der Waals surface area (Å²) in [4.78, 5) is 15.9. The van der Waals surface area contributed by atoms with Crippen molar-refractivity contribution in [2.75, 3.05) is 20.1 Å². The maximum absolute atomic E-state index is 13.6. The van der Waals surface area contributed by atoms with E-state index in [-0.39, 0.29) is 12.0 Å². The van der Waals surface area contributed by atoms with Gasteiger partial charge in [0.2, 0.25) is 0 Å². The minimum absolute atomic E-state index is 0.226. The third-order valence-electron chi connectivity index (χ3n) is 6.78. The molecule has 0 unspecified atom stereocenters. The van der Waals surface area contributed by atoms with Gasteiger partial charge in [-0.05, 0) is 75.1 Å². The Labute approximate surface area is 204 Å². The fourth-order valence-corrected chi connectivity index (χ4v) is 5.48. The van der Waals surface area contributed by atoms with E-state index in [0.29, 0.717) is 15.6 Å². The van der Waals surface area contributed by atoms with Crippen LogP contribution < -0.4 is 4.74 Å². The summed E-state index contributed by atoms with van der Waals surface area (Å²) in [5, 5.41) is 1.73. The van der Waals surface area contributed by atoms with Crippen LogP contribution in [0.5, 0.6) is 5.75 Å². The fourth-order valence-electron chi connectivity index (χ4n) is 4.92. The Balaban J connectivity index is 1.60. The molecule has 2 aromatic carbocycles. The minimum atomic E-state index is -0.226. The van der Waals surface area contributed by atoms with Crippen LogP contribution in [-0.2, 0) is 0 Å². The van der Waals surface area contributed by atoms with Gasteiger partial charge in [0.05, 0.1) is 27.2 Å². The van der Waals surface area contributed by atoms with Crippen LogP contribution >= 0.6 is 23.2 Å². The van der Waals surface area contributed by atoms with Crippen molar-refractivity contribution in [2.24, 2.45) is 0 Å². The van der Waals surface area contributed by atoms with Crippen LogP contribution in [-0.4, -0.2) is 41.6 Å². The number of rotatable bonds is 4. The Bertz CT molecular complexity index is 1200. The highest BCUT2D eigenvalue weighted by Crippen LogP contribution is 2.36. The number of benzene rings is 2. The molecule has 1 saturated carbocycles. The Morgan fingerprint density at radius 1 is 1.06 bits per heavy atom. The number of carbonyl (C=O) groups excluding carboxylic acids is 1. The molecule has 2 aliphatic rings. The summed E-state index contributed by atoms with van der Waals surface area (Å²) in [5.74, 6) is 0.640. The van der Waals surface area contributed by atoms with E-state index in [2.05, 4.69) is 24.1 Å².